The standard InChI is InChI=1S/C7H14N2O2.C2H4/c1-6-5-8-7(10)9(6)3-4-11-2;1-2/h6H,3-5H2,1-2H3,(H,8,10);1-2H2/t6-;/m0./s1. The van der Waals surface area contributed by atoms with Crippen LogP contribution in [0, 0.1) is 0 Å². The van der Waals surface area contributed by atoms with Crippen LogP contribution in [-0.2, 0) is 4.74 Å². The van der Waals surface area contributed by atoms with E-state index in [9.17, 15) is 4.79 Å². The van der Waals surface area contributed by atoms with Gasteiger partial charge in [-0.2, -0.15) is 0 Å². The highest BCUT2D eigenvalue weighted by molar-refractivity contribution is 5.76. The van der Waals surface area contributed by atoms with Crippen molar-refractivity contribution in [2.45, 2.75) is 13.0 Å². The fourth-order valence-corrected chi connectivity index (χ4v) is 1.16. The van der Waals surface area contributed by atoms with Gasteiger partial charge in [0, 0.05) is 26.2 Å². The molecule has 0 unspecified atom stereocenters. The average Bonchev–Trinajstić information content (AvgIpc) is 2.47. The van der Waals surface area contributed by atoms with E-state index in [1.54, 1.807) is 12.0 Å². The zero-order valence-electron chi connectivity index (χ0n) is 8.38. The lowest BCUT2D eigenvalue weighted by Crippen LogP contribution is -2.35. The molecule has 0 aromatic heterocycles. The van der Waals surface area contributed by atoms with Crippen LogP contribution in [0.5, 0.6) is 0 Å². The summed E-state index contributed by atoms with van der Waals surface area (Å²) >= 11 is 0. The number of urea groups is 1. The number of nitrogens with zero attached hydrogens (tertiary/aromatic N) is 1. The van der Waals surface area contributed by atoms with Crippen molar-refractivity contribution < 1.29 is 9.53 Å². The van der Waals surface area contributed by atoms with E-state index in [1.165, 1.54) is 0 Å². The fraction of sp³-hybridized carbons (Fsp3) is 0.667. The Kier molecular flexibility index (Phi) is 5.97. The molecular weight excluding hydrogens is 168 g/mol. The zero-order chi connectivity index (χ0) is 10.3. The first kappa shape index (κ1) is 12.0. The van der Waals surface area contributed by atoms with Crippen molar-refractivity contribution in [3.05, 3.63) is 13.2 Å². The van der Waals surface area contributed by atoms with Crippen LogP contribution >= 0.6 is 0 Å². The number of carbonyl (C=O) groups excluding carboxylic acids is 1. The summed E-state index contributed by atoms with van der Waals surface area (Å²) < 4.78 is 4.88. The molecule has 0 radical (unpaired) electrons. The Bertz CT molecular complexity index is 162. The predicted molar refractivity (Wildman–Crippen MR) is 52.7 cm³/mol. The summed E-state index contributed by atoms with van der Waals surface area (Å²) in [6, 6.07) is 0.326. The van der Waals surface area contributed by atoms with E-state index < -0.39 is 0 Å². The highest BCUT2D eigenvalue weighted by Crippen LogP contribution is 2.04. The molecule has 0 aliphatic carbocycles. The molecule has 13 heavy (non-hydrogen) atoms. The molecule has 1 aliphatic heterocycles. The number of methoxy groups -OCH3 is 1. The van der Waals surface area contributed by atoms with Gasteiger partial charge >= 0.3 is 6.03 Å². The van der Waals surface area contributed by atoms with Gasteiger partial charge in [-0.1, -0.05) is 0 Å². The van der Waals surface area contributed by atoms with Crippen LogP contribution in [0.2, 0.25) is 0 Å². The van der Waals surface area contributed by atoms with Crippen molar-refractivity contribution in [3.63, 3.8) is 0 Å². The van der Waals surface area contributed by atoms with Gasteiger partial charge in [-0.25, -0.2) is 4.79 Å². The Morgan fingerprint density at radius 3 is 2.69 bits per heavy atom. The van der Waals surface area contributed by atoms with Gasteiger partial charge < -0.3 is 15.0 Å². The first-order chi connectivity index (χ1) is 6.25. The van der Waals surface area contributed by atoms with Gasteiger partial charge in [0.05, 0.1) is 6.61 Å². The first-order valence-corrected chi connectivity index (χ1v) is 4.29. The van der Waals surface area contributed by atoms with E-state index in [-0.39, 0.29) is 6.03 Å². The second-order valence-electron chi connectivity index (χ2n) is 2.72. The summed E-state index contributed by atoms with van der Waals surface area (Å²) in [6.45, 7) is 10.1. The molecular formula is C9H18N2O2. The zero-order valence-corrected chi connectivity index (χ0v) is 8.38. The van der Waals surface area contributed by atoms with Gasteiger partial charge in [-0.15, -0.1) is 13.2 Å². The summed E-state index contributed by atoms with van der Waals surface area (Å²) in [5.74, 6) is 0. The Morgan fingerprint density at radius 2 is 2.31 bits per heavy atom. The normalized spacial score (nSPS) is 20.6. The molecule has 1 atom stereocenters. The van der Waals surface area contributed by atoms with Gasteiger partial charge in [-0.05, 0) is 6.92 Å². The molecule has 76 valence electrons. The molecule has 1 heterocycles. The van der Waals surface area contributed by atoms with Crippen LogP contribution in [0.4, 0.5) is 4.79 Å². The van der Waals surface area contributed by atoms with E-state index >= 15 is 0 Å². The van der Waals surface area contributed by atoms with E-state index in [0.29, 0.717) is 19.2 Å². The molecule has 1 N–H and O–H groups in total. The smallest absolute Gasteiger partial charge is 0.317 e. The van der Waals surface area contributed by atoms with Gasteiger partial charge in [0.15, 0.2) is 0 Å². The fourth-order valence-electron chi connectivity index (χ4n) is 1.16. The number of hydrogen-bond donors (Lipinski definition) is 1. The van der Waals surface area contributed by atoms with Crippen molar-refractivity contribution in [2.24, 2.45) is 0 Å². The average molecular weight is 186 g/mol. The lowest BCUT2D eigenvalue weighted by Gasteiger charge is -2.18. The van der Waals surface area contributed by atoms with Crippen LogP contribution in [0.3, 0.4) is 0 Å². The van der Waals surface area contributed by atoms with Crippen LogP contribution in [0.25, 0.3) is 0 Å². The van der Waals surface area contributed by atoms with Crippen LogP contribution < -0.4 is 5.32 Å². The third-order valence-electron chi connectivity index (χ3n) is 1.88. The molecule has 1 aliphatic rings. The molecule has 0 bridgehead atoms. The number of ether oxygens (including phenoxy) is 1. The molecule has 0 spiro atoms. The Labute approximate surface area is 79.6 Å². The lowest BCUT2D eigenvalue weighted by atomic mass is 10.3. The van der Waals surface area contributed by atoms with E-state index in [1.807, 2.05) is 6.92 Å². The van der Waals surface area contributed by atoms with Crippen LogP contribution in [-0.4, -0.2) is 43.8 Å². The number of nitrogens with one attached hydrogen (secondary N) is 1. The summed E-state index contributed by atoms with van der Waals surface area (Å²) in [4.78, 5) is 12.8. The minimum absolute atomic E-state index is 0.0227. The minimum Gasteiger partial charge on any atom is -0.383 e. The Morgan fingerprint density at radius 1 is 1.69 bits per heavy atom. The molecule has 2 amide bonds. The minimum atomic E-state index is 0.0227. The summed E-state index contributed by atoms with van der Waals surface area (Å²) in [5, 5.41) is 2.76. The number of hydrogen-bond acceptors (Lipinski definition) is 2. The molecule has 1 rings (SSSR count). The molecule has 4 heteroatoms. The second-order valence-corrected chi connectivity index (χ2v) is 2.72. The number of carbonyl (C=O) groups is 1. The molecule has 1 saturated heterocycles. The maximum atomic E-state index is 11.0. The van der Waals surface area contributed by atoms with Crippen molar-refractivity contribution in [1.82, 2.24) is 10.2 Å². The highest BCUT2D eigenvalue weighted by atomic mass is 16.5. The topological polar surface area (TPSA) is 41.6 Å². The monoisotopic (exact) mass is 186 g/mol. The second kappa shape index (κ2) is 6.48. The van der Waals surface area contributed by atoms with Crippen molar-refractivity contribution >= 4 is 6.03 Å². The molecule has 0 aromatic rings. The Balaban J connectivity index is 0.000000671. The van der Waals surface area contributed by atoms with Crippen molar-refractivity contribution in [1.29, 1.82) is 0 Å². The number of rotatable bonds is 3. The molecule has 0 saturated carbocycles. The van der Waals surface area contributed by atoms with Crippen molar-refractivity contribution in [3.8, 4) is 0 Å². The molecule has 1 fully saturated rings. The maximum Gasteiger partial charge on any atom is 0.317 e. The predicted octanol–water partition coefficient (Wildman–Crippen LogP) is 0.849. The van der Waals surface area contributed by atoms with Gasteiger partial charge in [-0.3, -0.25) is 0 Å². The van der Waals surface area contributed by atoms with Crippen molar-refractivity contribution in [2.75, 3.05) is 26.8 Å². The Hall–Kier alpha value is -1.03. The quantitative estimate of drug-likeness (QED) is 0.664. The summed E-state index contributed by atoms with van der Waals surface area (Å²) in [6.07, 6.45) is 0. The van der Waals surface area contributed by atoms with E-state index in [2.05, 4.69) is 18.5 Å². The third kappa shape index (κ3) is 3.46. The maximum absolute atomic E-state index is 11.0. The lowest BCUT2D eigenvalue weighted by molar-refractivity contribution is 0.150. The van der Waals surface area contributed by atoms with E-state index in [0.717, 1.165) is 6.54 Å². The van der Waals surface area contributed by atoms with Crippen LogP contribution in [0.1, 0.15) is 6.92 Å². The highest BCUT2D eigenvalue weighted by Gasteiger charge is 2.25. The number of amides is 2. The first-order valence-electron chi connectivity index (χ1n) is 4.29. The molecule has 0 aromatic carbocycles. The van der Waals surface area contributed by atoms with E-state index in [4.69, 9.17) is 4.74 Å². The summed E-state index contributed by atoms with van der Waals surface area (Å²) in [5.41, 5.74) is 0. The van der Waals surface area contributed by atoms with Gasteiger partial charge in [0.25, 0.3) is 0 Å². The molecule has 4 nitrogen and oxygen atoms in total. The van der Waals surface area contributed by atoms with Gasteiger partial charge in [0.2, 0.25) is 0 Å². The SMILES string of the molecule is C=C.COCCN1C(=O)NC[C@@H]1C. The summed E-state index contributed by atoms with van der Waals surface area (Å²) in [7, 11) is 1.64. The largest absolute Gasteiger partial charge is 0.383 e. The third-order valence-corrected chi connectivity index (χ3v) is 1.88. The van der Waals surface area contributed by atoms with Crippen LogP contribution in [0.15, 0.2) is 13.2 Å². The van der Waals surface area contributed by atoms with Gasteiger partial charge in [0.1, 0.15) is 0 Å².